The van der Waals surface area contributed by atoms with E-state index >= 15 is 0 Å². The Bertz CT molecular complexity index is 421. The minimum absolute atomic E-state index is 0.0800. The van der Waals surface area contributed by atoms with Gasteiger partial charge in [-0.3, -0.25) is 0 Å². The molecule has 6 heteroatoms. The summed E-state index contributed by atoms with van der Waals surface area (Å²) in [5.74, 6) is 0.661. The highest BCUT2D eigenvalue weighted by atomic mass is 35.5. The normalized spacial score (nSPS) is 16.2. The molecule has 0 unspecified atom stereocenters. The quantitative estimate of drug-likeness (QED) is 0.816. The van der Waals surface area contributed by atoms with Crippen molar-refractivity contribution >= 4 is 23.1 Å². The van der Waals surface area contributed by atoms with E-state index in [0.717, 1.165) is 12.8 Å². The van der Waals surface area contributed by atoms with Crippen molar-refractivity contribution < 1.29 is 5.11 Å². The van der Waals surface area contributed by atoms with Crippen LogP contribution in [0.5, 0.6) is 0 Å². The van der Waals surface area contributed by atoms with Crippen LogP contribution in [-0.2, 0) is 0 Å². The third-order valence-corrected chi connectivity index (χ3v) is 3.64. The van der Waals surface area contributed by atoms with E-state index in [9.17, 15) is 5.11 Å². The molecular formula is C12H19ClN4O. The van der Waals surface area contributed by atoms with Crippen LogP contribution >= 0.6 is 11.6 Å². The summed E-state index contributed by atoms with van der Waals surface area (Å²) in [6, 6.07) is 0.393. The van der Waals surface area contributed by atoms with Gasteiger partial charge in [0.1, 0.15) is 0 Å². The topological polar surface area (TPSA) is 75.3 Å². The van der Waals surface area contributed by atoms with Crippen LogP contribution in [0.25, 0.3) is 0 Å². The maximum Gasteiger partial charge on any atom is 0.224 e. The largest absolute Gasteiger partial charge is 0.395 e. The number of halogens is 1. The zero-order chi connectivity index (χ0) is 13.1. The van der Waals surface area contributed by atoms with Gasteiger partial charge >= 0.3 is 0 Å². The Labute approximate surface area is 112 Å². The first-order valence-corrected chi connectivity index (χ1v) is 6.68. The molecule has 1 aromatic heterocycles. The SMILES string of the molecule is Cc1nc(Cl)nc(N(CCO)C2CCCC2)c1N. The van der Waals surface area contributed by atoms with Crippen molar-refractivity contribution in [2.24, 2.45) is 0 Å². The summed E-state index contributed by atoms with van der Waals surface area (Å²) in [6.07, 6.45) is 4.65. The number of aliphatic hydroxyl groups excluding tert-OH is 1. The van der Waals surface area contributed by atoms with Crippen molar-refractivity contribution in [2.75, 3.05) is 23.8 Å². The van der Waals surface area contributed by atoms with Gasteiger partial charge in [-0.15, -0.1) is 0 Å². The average molecular weight is 271 g/mol. The Morgan fingerprint density at radius 2 is 2.06 bits per heavy atom. The number of anilines is 2. The third kappa shape index (κ3) is 2.67. The van der Waals surface area contributed by atoms with E-state index in [1.807, 2.05) is 6.92 Å². The molecule has 1 fully saturated rings. The van der Waals surface area contributed by atoms with Crippen LogP contribution in [0.3, 0.4) is 0 Å². The molecule has 18 heavy (non-hydrogen) atoms. The third-order valence-electron chi connectivity index (χ3n) is 3.47. The van der Waals surface area contributed by atoms with Crippen LogP contribution in [0, 0.1) is 6.92 Å². The van der Waals surface area contributed by atoms with E-state index in [-0.39, 0.29) is 11.9 Å². The van der Waals surface area contributed by atoms with E-state index in [1.165, 1.54) is 12.8 Å². The molecule has 0 bridgehead atoms. The minimum Gasteiger partial charge on any atom is -0.395 e. The standard InChI is InChI=1S/C12H19ClN4O/c1-8-10(14)11(16-12(13)15-8)17(6-7-18)9-4-2-3-5-9/h9,18H,2-7,14H2,1H3. The fourth-order valence-electron chi connectivity index (χ4n) is 2.54. The minimum atomic E-state index is 0.0800. The fraction of sp³-hybridized carbons (Fsp3) is 0.667. The van der Waals surface area contributed by atoms with Crippen LogP contribution in [0.2, 0.25) is 5.28 Å². The number of nitrogens with zero attached hydrogens (tertiary/aromatic N) is 3. The number of rotatable bonds is 4. The maximum absolute atomic E-state index is 9.23. The van der Waals surface area contributed by atoms with Gasteiger partial charge in [0, 0.05) is 12.6 Å². The Balaban J connectivity index is 2.35. The van der Waals surface area contributed by atoms with E-state index in [4.69, 9.17) is 17.3 Å². The van der Waals surface area contributed by atoms with Crippen molar-refractivity contribution in [3.05, 3.63) is 11.0 Å². The summed E-state index contributed by atoms with van der Waals surface area (Å²) >= 11 is 5.91. The molecule has 2 rings (SSSR count). The molecule has 0 atom stereocenters. The van der Waals surface area contributed by atoms with Gasteiger partial charge in [0.05, 0.1) is 18.0 Å². The predicted molar refractivity (Wildman–Crippen MR) is 72.9 cm³/mol. The van der Waals surface area contributed by atoms with Gasteiger partial charge in [0.15, 0.2) is 5.82 Å². The van der Waals surface area contributed by atoms with Gasteiger partial charge in [-0.2, -0.15) is 4.98 Å². The summed E-state index contributed by atoms with van der Waals surface area (Å²) in [4.78, 5) is 10.4. The first kappa shape index (κ1) is 13.4. The van der Waals surface area contributed by atoms with Gasteiger partial charge in [-0.1, -0.05) is 12.8 Å². The molecular weight excluding hydrogens is 252 g/mol. The Morgan fingerprint density at radius 1 is 1.39 bits per heavy atom. The molecule has 1 saturated carbocycles. The summed E-state index contributed by atoms with van der Waals surface area (Å²) in [5, 5.41) is 9.44. The zero-order valence-corrected chi connectivity index (χ0v) is 11.3. The number of nitrogens with two attached hydrogens (primary N) is 1. The lowest BCUT2D eigenvalue weighted by atomic mass is 10.2. The van der Waals surface area contributed by atoms with Crippen LogP contribution in [0.4, 0.5) is 11.5 Å². The number of aromatic nitrogens is 2. The second-order valence-corrected chi connectivity index (χ2v) is 5.01. The molecule has 0 spiro atoms. The molecule has 1 aliphatic carbocycles. The number of aryl methyl sites for hydroxylation is 1. The van der Waals surface area contributed by atoms with Gasteiger partial charge in [-0.25, -0.2) is 4.98 Å². The molecule has 0 saturated heterocycles. The van der Waals surface area contributed by atoms with Gasteiger partial charge in [0.2, 0.25) is 5.28 Å². The van der Waals surface area contributed by atoms with Crippen molar-refractivity contribution in [1.82, 2.24) is 9.97 Å². The number of hydrogen-bond acceptors (Lipinski definition) is 5. The van der Waals surface area contributed by atoms with Crippen molar-refractivity contribution in [1.29, 1.82) is 0 Å². The Kier molecular flexibility index (Phi) is 4.24. The number of hydrogen-bond donors (Lipinski definition) is 2. The molecule has 0 aliphatic heterocycles. The van der Waals surface area contributed by atoms with Crippen LogP contribution in [0.1, 0.15) is 31.4 Å². The molecule has 1 aromatic rings. The molecule has 0 radical (unpaired) electrons. The van der Waals surface area contributed by atoms with Crippen molar-refractivity contribution in [3.8, 4) is 0 Å². The number of nitrogen functional groups attached to an aromatic ring is 1. The molecule has 100 valence electrons. The summed E-state index contributed by atoms with van der Waals surface area (Å²) in [5.41, 5.74) is 7.28. The first-order valence-electron chi connectivity index (χ1n) is 6.30. The van der Waals surface area contributed by atoms with Crippen molar-refractivity contribution in [2.45, 2.75) is 38.6 Å². The van der Waals surface area contributed by atoms with Crippen molar-refractivity contribution in [3.63, 3.8) is 0 Å². The zero-order valence-electron chi connectivity index (χ0n) is 10.6. The van der Waals surface area contributed by atoms with E-state index in [1.54, 1.807) is 0 Å². The predicted octanol–water partition coefficient (Wildman–Crippen LogP) is 1.76. The lowest BCUT2D eigenvalue weighted by Crippen LogP contribution is -2.37. The van der Waals surface area contributed by atoms with E-state index in [2.05, 4.69) is 14.9 Å². The smallest absolute Gasteiger partial charge is 0.224 e. The molecule has 1 aliphatic rings. The molecule has 3 N–H and O–H groups in total. The number of aliphatic hydroxyl groups is 1. The first-order chi connectivity index (χ1) is 8.63. The second kappa shape index (κ2) is 5.71. The molecule has 1 heterocycles. The summed E-state index contributed by atoms with van der Waals surface area (Å²) < 4.78 is 0. The van der Waals surface area contributed by atoms with Gasteiger partial charge in [0.25, 0.3) is 0 Å². The second-order valence-electron chi connectivity index (χ2n) is 4.67. The van der Waals surface area contributed by atoms with Crippen LogP contribution < -0.4 is 10.6 Å². The summed E-state index contributed by atoms with van der Waals surface area (Å²) in [7, 11) is 0. The fourth-order valence-corrected chi connectivity index (χ4v) is 2.74. The lowest BCUT2D eigenvalue weighted by Gasteiger charge is -2.30. The van der Waals surface area contributed by atoms with E-state index in [0.29, 0.717) is 29.8 Å². The van der Waals surface area contributed by atoms with Gasteiger partial charge < -0.3 is 15.7 Å². The van der Waals surface area contributed by atoms with Crippen LogP contribution in [0.15, 0.2) is 0 Å². The maximum atomic E-state index is 9.23. The highest BCUT2D eigenvalue weighted by molar-refractivity contribution is 6.28. The Hall–Kier alpha value is -1.07. The van der Waals surface area contributed by atoms with E-state index < -0.39 is 0 Å². The highest BCUT2D eigenvalue weighted by Crippen LogP contribution is 2.31. The molecule has 0 aromatic carbocycles. The lowest BCUT2D eigenvalue weighted by molar-refractivity contribution is 0.297. The molecule has 5 nitrogen and oxygen atoms in total. The van der Waals surface area contributed by atoms with Crippen LogP contribution in [-0.4, -0.2) is 34.3 Å². The van der Waals surface area contributed by atoms with Gasteiger partial charge in [-0.05, 0) is 31.4 Å². The highest BCUT2D eigenvalue weighted by Gasteiger charge is 2.25. The average Bonchev–Trinajstić information content (AvgIpc) is 2.84. The molecule has 0 amide bonds. The Morgan fingerprint density at radius 3 is 2.67 bits per heavy atom. The summed E-state index contributed by atoms with van der Waals surface area (Å²) in [6.45, 7) is 2.43. The monoisotopic (exact) mass is 270 g/mol.